The van der Waals surface area contributed by atoms with E-state index in [0.29, 0.717) is 28.3 Å². The molecule has 0 saturated carbocycles. The van der Waals surface area contributed by atoms with E-state index in [4.69, 9.17) is 11.6 Å². The molecule has 2 aromatic rings. The van der Waals surface area contributed by atoms with Gasteiger partial charge in [0.1, 0.15) is 0 Å². The van der Waals surface area contributed by atoms with Crippen molar-refractivity contribution in [3.63, 3.8) is 0 Å². The van der Waals surface area contributed by atoms with Gasteiger partial charge in [0.2, 0.25) is 10.0 Å². The molecule has 0 spiro atoms. The molecule has 1 unspecified atom stereocenters. The number of sulfonamides is 1. The average Bonchev–Trinajstić information content (AvgIpc) is 3.00. The van der Waals surface area contributed by atoms with Crippen LogP contribution in [0.5, 0.6) is 0 Å². The maximum absolute atomic E-state index is 12.4. The van der Waals surface area contributed by atoms with Gasteiger partial charge in [0.05, 0.1) is 11.9 Å². The van der Waals surface area contributed by atoms with Crippen LogP contribution in [0.3, 0.4) is 0 Å². The zero-order valence-electron chi connectivity index (χ0n) is 16.1. The summed E-state index contributed by atoms with van der Waals surface area (Å²) < 4.78 is 25.3. The molecule has 2 N–H and O–H groups in total. The second kappa shape index (κ2) is 8.42. The van der Waals surface area contributed by atoms with Crippen LogP contribution in [0, 0.1) is 0 Å². The smallest absolute Gasteiger partial charge is 0.251 e. The Hall–Kier alpha value is -2.58. The van der Waals surface area contributed by atoms with Crippen molar-refractivity contribution in [3.8, 4) is 0 Å². The Morgan fingerprint density at radius 2 is 1.59 bits per heavy atom. The van der Waals surface area contributed by atoms with Crippen LogP contribution in [0.2, 0.25) is 5.02 Å². The number of carbonyl (C=O) groups is 2. The van der Waals surface area contributed by atoms with E-state index in [-0.39, 0.29) is 30.9 Å². The van der Waals surface area contributed by atoms with Crippen molar-refractivity contribution in [2.45, 2.75) is 19.4 Å². The van der Waals surface area contributed by atoms with Crippen molar-refractivity contribution >= 4 is 39.1 Å². The van der Waals surface area contributed by atoms with Crippen LogP contribution in [-0.4, -0.2) is 45.6 Å². The molecule has 1 atom stereocenters. The predicted molar refractivity (Wildman–Crippen MR) is 113 cm³/mol. The fourth-order valence-corrected chi connectivity index (χ4v) is 4.80. The van der Waals surface area contributed by atoms with Gasteiger partial charge < -0.3 is 10.6 Å². The normalized spacial score (nSPS) is 15.7. The first-order chi connectivity index (χ1) is 13.7. The number of nitrogens with one attached hydrogen (secondary N) is 2. The van der Waals surface area contributed by atoms with Gasteiger partial charge >= 0.3 is 0 Å². The quantitative estimate of drug-likeness (QED) is 0.680. The number of amides is 2. The third kappa shape index (κ3) is 4.89. The van der Waals surface area contributed by atoms with Gasteiger partial charge in [0.25, 0.3) is 11.8 Å². The van der Waals surface area contributed by atoms with Crippen LogP contribution in [0.25, 0.3) is 0 Å². The summed E-state index contributed by atoms with van der Waals surface area (Å²) in [5.41, 5.74) is 2.39. The predicted octanol–water partition coefficient (Wildman–Crippen LogP) is 2.21. The van der Waals surface area contributed by atoms with E-state index in [1.807, 2.05) is 6.92 Å². The van der Waals surface area contributed by atoms with Gasteiger partial charge in [-0.25, -0.2) is 8.42 Å². The SMILES string of the molecule is CC1Cc2cc(C(=O)NCCNC(=O)c3ccc(Cl)cc3)ccc2N1S(C)(=O)=O. The fourth-order valence-electron chi connectivity index (χ4n) is 3.41. The highest BCUT2D eigenvalue weighted by Gasteiger charge is 2.32. The number of benzene rings is 2. The van der Waals surface area contributed by atoms with Gasteiger partial charge in [-0.2, -0.15) is 0 Å². The molecule has 29 heavy (non-hydrogen) atoms. The number of hydrogen-bond acceptors (Lipinski definition) is 4. The summed E-state index contributed by atoms with van der Waals surface area (Å²) in [6, 6.07) is 11.3. The van der Waals surface area contributed by atoms with Gasteiger partial charge in [-0.15, -0.1) is 0 Å². The highest BCUT2D eigenvalue weighted by Crippen LogP contribution is 2.34. The minimum Gasteiger partial charge on any atom is -0.350 e. The molecule has 2 amide bonds. The minimum atomic E-state index is -3.36. The van der Waals surface area contributed by atoms with Gasteiger partial charge in [-0.3, -0.25) is 13.9 Å². The second-order valence-electron chi connectivity index (χ2n) is 6.97. The number of carbonyl (C=O) groups excluding carboxylic acids is 2. The van der Waals surface area contributed by atoms with E-state index >= 15 is 0 Å². The Morgan fingerprint density at radius 3 is 2.17 bits per heavy atom. The lowest BCUT2D eigenvalue weighted by molar-refractivity contribution is 0.0927. The summed E-state index contributed by atoms with van der Waals surface area (Å²) in [6.45, 7) is 2.38. The lowest BCUT2D eigenvalue weighted by Crippen LogP contribution is -2.35. The molecular weight excluding hydrogens is 414 g/mol. The van der Waals surface area contributed by atoms with Crippen molar-refractivity contribution < 1.29 is 18.0 Å². The van der Waals surface area contributed by atoms with Gasteiger partial charge in [-0.05, 0) is 61.4 Å². The van der Waals surface area contributed by atoms with Crippen LogP contribution >= 0.6 is 11.6 Å². The zero-order valence-corrected chi connectivity index (χ0v) is 17.7. The number of rotatable bonds is 6. The van der Waals surface area contributed by atoms with Gasteiger partial charge in [-0.1, -0.05) is 11.6 Å². The third-order valence-corrected chi connectivity index (χ3v) is 6.18. The zero-order chi connectivity index (χ0) is 21.2. The van der Waals surface area contributed by atoms with Crippen molar-refractivity contribution in [1.82, 2.24) is 10.6 Å². The number of nitrogens with zero attached hydrogens (tertiary/aromatic N) is 1. The summed E-state index contributed by atoms with van der Waals surface area (Å²) in [7, 11) is -3.36. The van der Waals surface area contributed by atoms with E-state index in [9.17, 15) is 18.0 Å². The van der Waals surface area contributed by atoms with Crippen molar-refractivity contribution in [2.24, 2.45) is 0 Å². The monoisotopic (exact) mass is 435 g/mol. The second-order valence-corrected chi connectivity index (χ2v) is 9.27. The first kappa shape index (κ1) is 21.1. The summed E-state index contributed by atoms with van der Waals surface area (Å²) in [5, 5.41) is 6.03. The summed E-state index contributed by atoms with van der Waals surface area (Å²) in [4.78, 5) is 24.4. The van der Waals surface area contributed by atoms with Crippen molar-refractivity contribution in [2.75, 3.05) is 23.7 Å². The number of anilines is 1. The molecule has 3 rings (SSSR count). The highest BCUT2D eigenvalue weighted by molar-refractivity contribution is 7.92. The molecule has 0 bridgehead atoms. The molecule has 1 aliphatic heterocycles. The number of fused-ring (bicyclic) bond motifs is 1. The third-order valence-electron chi connectivity index (χ3n) is 4.65. The molecule has 1 aliphatic rings. The van der Waals surface area contributed by atoms with Crippen LogP contribution < -0.4 is 14.9 Å². The standard InChI is InChI=1S/C20H22ClN3O4S/c1-13-11-16-12-15(5-8-18(16)24(13)29(2,27)28)20(26)23-10-9-22-19(25)14-3-6-17(21)7-4-14/h3-8,12-13H,9-11H2,1-2H3,(H,22,25)(H,23,26). The van der Waals surface area contributed by atoms with E-state index in [1.54, 1.807) is 42.5 Å². The Morgan fingerprint density at radius 1 is 1.03 bits per heavy atom. The maximum atomic E-state index is 12.4. The topological polar surface area (TPSA) is 95.6 Å². The molecule has 0 radical (unpaired) electrons. The Labute approximate surface area is 175 Å². The molecule has 1 heterocycles. The van der Waals surface area contributed by atoms with E-state index in [1.165, 1.54) is 10.6 Å². The maximum Gasteiger partial charge on any atom is 0.251 e. The first-order valence-electron chi connectivity index (χ1n) is 9.11. The summed E-state index contributed by atoms with van der Waals surface area (Å²) in [5.74, 6) is -0.526. The van der Waals surface area contributed by atoms with Crippen LogP contribution in [0.1, 0.15) is 33.2 Å². The Bertz CT molecular complexity index is 1040. The molecule has 9 heteroatoms. The largest absolute Gasteiger partial charge is 0.350 e. The van der Waals surface area contributed by atoms with E-state index < -0.39 is 10.0 Å². The van der Waals surface area contributed by atoms with E-state index in [2.05, 4.69) is 10.6 Å². The molecular formula is C20H22ClN3O4S. The van der Waals surface area contributed by atoms with Crippen LogP contribution in [-0.2, 0) is 16.4 Å². The molecule has 154 valence electrons. The highest BCUT2D eigenvalue weighted by atomic mass is 35.5. The minimum absolute atomic E-state index is 0.179. The molecule has 0 aromatic heterocycles. The van der Waals surface area contributed by atoms with Crippen molar-refractivity contribution in [1.29, 1.82) is 0 Å². The molecule has 7 nitrogen and oxygen atoms in total. The lowest BCUT2D eigenvalue weighted by atomic mass is 10.1. The van der Waals surface area contributed by atoms with Gasteiger partial charge in [0, 0.05) is 35.3 Å². The lowest BCUT2D eigenvalue weighted by Gasteiger charge is -2.21. The molecule has 0 saturated heterocycles. The van der Waals surface area contributed by atoms with Crippen LogP contribution in [0.15, 0.2) is 42.5 Å². The Kier molecular flexibility index (Phi) is 6.14. The average molecular weight is 436 g/mol. The van der Waals surface area contributed by atoms with Crippen molar-refractivity contribution in [3.05, 3.63) is 64.2 Å². The first-order valence-corrected chi connectivity index (χ1v) is 11.3. The van der Waals surface area contributed by atoms with Crippen LogP contribution in [0.4, 0.5) is 5.69 Å². The molecule has 0 fully saturated rings. The molecule has 2 aromatic carbocycles. The van der Waals surface area contributed by atoms with Gasteiger partial charge in [0.15, 0.2) is 0 Å². The Balaban J connectivity index is 1.55. The number of halogens is 1. The summed E-state index contributed by atoms with van der Waals surface area (Å²) in [6.07, 6.45) is 1.73. The fraction of sp³-hybridized carbons (Fsp3) is 0.300. The number of hydrogen-bond donors (Lipinski definition) is 2. The summed E-state index contributed by atoms with van der Waals surface area (Å²) >= 11 is 5.80. The molecule has 0 aliphatic carbocycles. The van der Waals surface area contributed by atoms with E-state index in [0.717, 1.165) is 5.56 Å².